The lowest BCUT2D eigenvalue weighted by molar-refractivity contribution is 0.311. The Labute approximate surface area is 110 Å². The Morgan fingerprint density at radius 2 is 2.11 bits per heavy atom. The van der Waals surface area contributed by atoms with E-state index in [0.29, 0.717) is 18.0 Å². The highest BCUT2D eigenvalue weighted by Crippen LogP contribution is 2.38. The SMILES string of the molecule is CNC1CCCCC1c1c(OC)cnn1C(C)C. The molecule has 18 heavy (non-hydrogen) atoms. The minimum absolute atomic E-state index is 0.378. The lowest BCUT2D eigenvalue weighted by Crippen LogP contribution is -2.36. The van der Waals surface area contributed by atoms with Crippen LogP contribution < -0.4 is 10.1 Å². The highest BCUT2D eigenvalue weighted by Gasteiger charge is 2.31. The number of methoxy groups -OCH3 is 1. The van der Waals surface area contributed by atoms with E-state index in [1.807, 2.05) is 6.20 Å². The van der Waals surface area contributed by atoms with Gasteiger partial charge in [0.1, 0.15) is 0 Å². The largest absolute Gasteiger partial charge is 0.493 e. The monoisotopic (exact) mass is 251 g/mol. The van der Waals surface area contributed by atoms with Crippen molar-refractivity contribution < 1.29 is 4.74 Å². The first-order valence-electron chi connectivity index (χ1n) is 6.97. The van der Waals surface area contributed by atoms with Crippen LogP contribution in [0.1, 0.15) is 57.2 Å². The van der Waals surface area contributed by atoms with Gasteiger partial charge in [-0.1, -0.05) is 12.8 Å². The van der Waals surface area contributed by atoms with Crippen LogP contribution in [0.5, 0.6) is 5.75 Å². The predicted octanol–water partition coefficient (Wildman–Crippen LogP) is 2.72. The molecule has 1 heterocycles. The fraction of sp³-hybridized carbons (Fsp3) is 0.786. The van der Waals surface area contributed by atoms with E-state index in [4.69, 9.17) is 4.74 Å². The fourth-order valence-electron chi connectivity index (χ4n) is 3.08. The first kappa shape index (κ1) is 13.4. The molecular formula is C14H25N3O. The van der Waals surface area contributed by atoms with Crippen molar-refractivity contribution in [2.45, 2.75) is 57.5 Å². The van der Waals surface area contributed by atoms with Gasteiger partial charge in [-0.25, -0.2) is 0 Å². The van der Waals surface area contributed by atoms with E-state index >= 15 is 0 Å². The summed E-state index contributed by atoms with van der Waals surface area (Å²) in [5, 5.41) is 7.96. The molecule has 1 aromatic heterocycles. The van der Waals surface area contributed by atoms with Crippen molar-refractivity contribution in [3.63, 3.8) is 0 Å². The number of hydrogen-bond acceptors (Lipinski definition) is 3. The van der Waals surface area contributed by atoms with Gasteiger partial charge in [0.05, 0.1) is 19.0 Å². The van der Waals surface area contributed by atoms with Crippen molar-refractivity contribution in [3.8, 4) is 5.75 Å². The summed E-state index contributed by atoms with van der Waals surface area (Å²) in [4.78, 5) is 0. The average Bonchev–Trinajstić information content (AvgIpc) is 2.82. The zero-order valence-corrected chi connectivity index (χ0v) is 11.9. The van der Waals surface area contributed by atoms with Crippen molar-refractivity contribution in [2.75, 3.05) is 14.2 Å². The van der Waals surface area contributed by atoms with Crippen molar-refractivity contribution in [1.82, 2.24) is 15.1 Å². The van der Waals surface area contributed by atoms with E-state index in [1.165, 1.54) is 31.4 Å². The molecule has 2 atom stereocenters. The molecule has 4 heteroatoms. The van der Waals surface area contributed by atoms with E-state index in [0.717, 1.165) is 5.75 Å². The number of nitrogens with zero attached hydrogens (tertiary/aromatic N) is 2. The fourth-order valence-corrected chi connectivity index (χ4v) is 3.08. The molecule has 1 fully saturated rings. The van der Waals surface area contributed by atoms with Crippen LogP contribution >= 0.6 is 0 Å². The third-order valence-corrected chi connectivity index (χ3v) is 4.00. The van der Waals surface area contributed by atoms with E-state index in [1.54, 1.807) is 7.11 Å². The lowest BCUT2D eigenvalue weighted by atomic mass is 9.82. The summed E-state index contributed by atoms with van der Waals surface area (Å²) in [5.41, 5.74) is 1.27. The summed E-state index contributed by atoms with van der Waals surface area (Å²) in [5.74, 6) is 1.46. The van der Waals surface area contributed by atoms with Gasteiger partial charge in [-0.15, -0.1) is 0 Å². The molecule has 102 valence electrons. The molecule has 1 aliphatic rings. The number of ether oxygens (including phenoxy) is 1. The smallest absolute Gasteiger partial charge is 0.160 e. The number of nitrogens with one attached hydrogen (secondary N) is 1. The highest BCUT2D eigenvalue weighted by atomic mass is 16.5. The molecule has 4 nitrogen and oxygen atoms in total. The molecule has 1 saturated carbocycles. The molecule has 0 radical (unpaired) electrons. The molecule has 0 bridgehead atoms. The molecule has 0 aliphatic heterocycles. The summed E-state index contributed by atoms with van der Waals surface area (Å²) in [6.45, 7) is 4.35. The Balaban J connectivity index is 2.37. The maximum absolute atomic E-state index is 5.51. The molecule has 2 unspecified atom stereocenters. The number of likely N-dealkylation sites (N-methyl/N-ethyl adjacent to an activating group) is 1. The van der Waals surface area contributed by atoms with Crippen LogP contribution in [0.4, 0.5) is 0 Å². The molecule has 0 saturated heterocycles. The summed E-state index contributed by atoms with van der Waals surface area (Å²) < 4.78 is 7.64. The van der Waals surface area contributed by atoms with Gasteiger partial charge in [0.15, 0.2) is 5.75 Å². The normalized spacial score (nSPS) is 24.5. The Kier molecular flexibility index (Phi) is 4.27. The maximum Gasteiger partial charge on any atom is 0.160 e. The summed E-state index contributed by atoms with van der Waals surface area (Å²) >= 11 is 0. The summed E-state index contributed by atoms with van der Waals surface area (Å²) in [6, 6.07) is 0.921. The van der Waals surface area contributed by atoms with Crippen LogP contribution in [-0.2, 0) is 0 Å². The van der Waals surface area contributed by atoms with Gasteiger partial charge in [-0.3, -0.25) is 4.68 Å². The minimum Gasteiger partial charge on any atom is -0.493 e. The number of aromatic nitrogens is 2. The molecular weight excluding hydrogens is 226 g/mol. The highest BCUT2D eigenvalue weighted by molar-refractivity contribution is 5.31. The first-order chi connectivity index (χ1) is 8.69. The van der Waals surface area contributed by atoms with Crippen LogP contribution in [0.2, 0.25) is 0 Å². The maximum atomic E-state index is 5.51. The third-order valence-electron chi connectivity index (χ3n) is 4.00. The quantitative estimate of drug-likeness (QED) is 0.894. The standard InChI is InChI=1S/C14H25N3O/c1-10(2)17-14(13(18-4)9-16-17)11-7-5-6-8-12(11)15-3/h9-12,15H,5-8H2,1-4H3. The van der Waals surface area contributed by atoms with Crippen LogP contribution in [0, 0.1) is 0 Å². The van der Waals surface area contributed by atoms with Gasteiger partial charge in [-0.05, 0) is 33.7 Å². The van der Waals surface area contributed by atoms with Crippen molar-refractivity contribution in [3.05, 3.63) is 11.9 Å². The Morgan fingerprint density at radius 3 is 2.72 bits per heavy atom. The first-order valence-corrected chi connectivity index (χ1v) is 6.97. The topological polar surface area (TPSA) is 39.1 Å². The number of hydrogen-bond donors (Lipinski definition) is 1. The van der Waals surface area contributed by atoms with Gasteiger partial charge >= 0.3 is 0 Å². The molecule has 0 spiro atoms. The van der Waals surface area contributed by atoms with E-state index in [9.17, 15) is 0 Å². The van der Waals surface area contributed by atoms with E-state index in [2.05, 4.69) is 36.0 Å². The van der Waals surface area contributed by atoms with Crippen LogP contribution in [0.25, 0.3) is 0 Å². The van der Waals surface area contributed by atoms with E-state index < -0.39 is 0 Å². The number of rotatable bonds is 4. The molecule has 1 aromatic rings. The second-order valence-corrected chi connectivity index (χ2v) is 5.42. The molecule has 1 aliphatic carbocycles. The van der Waals surface area contributed by atoms with Crippen LogP contribution in [0.3, 0.4) is 0 Å². The molecule has 2 rings (SSSR count). The Bertz CT molecular complexity index is 386. The third kappa shape index (κ3) is 2.39. The minimum atomic E-state index is 0.378. The average molecular weight is 251 g/mol. The second kappa shape index (κ2) is 5.74. The van der Waals surface area contributed by atoms with Crippen LogP contribution in [0.15, 0.2) is 6.20 Å². The zero-order chi connectivity index (χ0) is 13.1. The summed E-state index contributed by atoms with van der Waals surface area (Å²) in [6.07, 6.45) is 6.94. The predicted molar refractivity (Wildman–Crippen MR) is 73.2 cm³/mol. The Morgan fingerprint density at radius 1 is 1.39 bits per heavy atom. The van der Waals surface area contributed by atoms with E-state index in [-0.39, 0.29) is 0 Å². The van der Waals surface area contributed by atoms with Crippen molar-refractivity contribution in [2.24, 2.45) is 0 Å². The van der Waals surface area contributed by atoms with Crippen molar-refractivity contribution >= 4 is 0 Å². The summed E-state index contributed by atoms with van der Waals surface area (Å²) in [7, 11) is 3.80. The van der Waals surface area contributed by atoms with Gasteiger partial charge in [0.25, 0.3) is 0 Å². The van der Waals surface area contributed by atoms with Gasteiger partial charge < -0.3 is 10.1 Å². The molecule has 1 N–H and O–H groups in total. The zero-order valence-electron chi connectivity index (χ0n) is 11.9. The molecule has 0 aromatic carbocycles. The second-order valence-electron chi connectivity index (χ2n) is 5.42. The van der Waals surface area contributed by atoms with Gasteiger partial charge in [0.2, 0.25) is 0 Å². The lowest BCUT2D eigenvalue weighted by Gasteiger charge is -2.32. The van der Waals surface area contributed by atoms with Crippen LogP contribution in [-0.4, -0.2) is 30.0 Å². The molecule has 0 amide bonds. The van der Waals surface area contributed by atoms with Gasteiger partial charge in [-0.2, -0.15) is 5.10 Å². The Hall–Kier alpha value is -1.03. The van der Waals surface area contributed by atoms with Crippen molar-refractivity contribution in [1.29, 1.82) is 0 Å². The van der Waals surface area contributed by atoms with Gasteiger partial charge in [0, 0.05) is 18.0 Å².